The predicted octanol–water partition coefficient (Wildman–Crippen LogP) is 6.53. The summed E-state index contributed by atoms with van der Waals surface area (Å²) in [5.41, 5.74) is 3.95. The van der Waals surface area contributed by atoms with Gasteiger partial charge in [-0.05, 0) is 73.0 Å². The van der Waals surface area contributed by atoms with Crippen molar-refractivity contribution in [3.63, 3.8) is 0 Å². The third kappa shape index (κ3) is 4.34. The van der Waals surface area contributed by atoms with Crippen molar-refractivity contribution in [2.45, 2.75) is 24.9 Å². The Hall–Kier alpha value is -3.74. The highest BCUT2D eigenvalue weighted by Gasteiger charge is 2.40. The molecule has 1 unspecified atom stereocenters. The number of fused-ring (bicyclic) bond motifs is 3. The van der Waals surface area contributed by atoms with Crippen LogP contribution < -0.4 is 9.64 Å². The molecule has 6 nitrogen and oxygen atoms in total. The molecule has 1 aliphatic heterocycles. The van der Waals surface area contributed by atoms with Crippen molar-refractivity contribution in [2.75, 3.05) is 18.6 Å². The molecule has 0 bridgehead atoms. The number of hydrogen-bond acceptors (Lipinski definition) is 3. The first kappa shape index (κ1) is 24.6. The van der Waals surface area contributed by atoms with E-state index < -0.39 is 0 Å². The summed E-state index contributed by atoms with van der Waals surface area (Å²) < 4.78 is 7.48. The minimum Gasteiger partial charge on any atom is -0.497 e. The number of para-hydroxylation sites is 2. The van der Waals surface area contributed by atoms with E-state index in [1.807, 2.05) is 71.8 Å². The molecule has 2 heterocycles. The number of hydrogen-bond donors (Lipinski definition) is 0. The van der Waals surface area contributed by atoms with Gasteiger partial charge in [0, 0.05) is 17.3 Å². The quantitative estimate of drug-likeness (QED) is 0.276. The molecule has 0 radical (unpaired) electrons. The molecule has 2 aliphatic rings. The molecule has 6 rings (SSSR count). The molecular weight excluding hydrogens is 521 g/mol. The summed E-state index contributed by atoms with van der Waals surface area (Å²) in [6.45, 7) is -0.0653. The van der Waals surface area contributed by atoms with Gasteiger partial charge in [0.2, 0.25) is 5.91 Å². The molecule has 2 amide bonds. The molecule has 1 saturated carbocycles. The summed E-state index contributed by atoms with van der Waals surface area (Å²) in [4.78, 5) is 31.3. The second kappa shape index (κ2) is 9.86. The van der Waals surface area contributed by atoms with Gasteiger partial charge in [0.25, 0.3) is 5.91 Å². The van der Waals surface area contributed by atoms with Gasteiger partial charge < -0.3 is 14.2 Å². The first-order valence-electron chi connectivity index (χ1n) is 12.4. The van der Waals surface area contributed by atoms with Gasteiger partial charge in [0.05, 0.1) is 34.8 Å². The molecule has 38 heavy (non-hydrogen) atoms. The van der Waals surface area contributed by atoms with Gasteiger partial charge in [-0.2, -0.15) is 0 Å². The SMILES string of the molecule is COc1ccc(C2c3cccn3-c3ccccc3N2C(=O)CN(C(=O)c2ccc(Cl)cc2Cl)C2CC2)cc1. The standard InChI is InChI=1S/C30H25Cl2N3O3/c1-38-22-13-8-19(9-14-22)29-27-7-4-16-33(27)25-5-2-3-6-26(25)35(29)28(36)18-34(21-11-12-21)30(37)23-15-10-20(31)17-24(23)32/h2-10,13-17,21,29H,11-12,18H2,1H3. The Kier molecular flexibility index (Phi) is 6.38. The van der Waals surface area contributed by atoms with Crippen LogP contribution in [0.2, 0.25) is 10.0 Å². The van der Waals surface area contributed by atoms with Crippen LogP contribution in [0.3, 0.4) is 0 Å². The maximum Gasteiger partial charge on any atom is 0.256 e. The fraction of sp³-hybridized carbons (Fsp3) is 0.200. The van der Waals surface area contributed by atoms with Crippen LogP contribution in [0.15, 0.2) is 85.1 Å². The lowest BCUT2D eigenvalue weighted by atomic mass is 9.97. The first-order valence-corrected chi connectivity index (χ1v) is 13.2. The van der Waals surface area contributed by atoms with Crippen LogP contribution in [0.25, 0.3) is 5.69 Å². The average Bonchev–Trinajstić information content (AvgIpc) is 3.65. The second-order valence-electron chi connectivity index (χ2n) is 9.52. The molecule has 0 N–H and O–H groups in total. The summed E-state index contributed by atoms with van der Waals surface area (Å²) in [6.07, 6.45) is 3.71. The van der Waals surface area contributed by atoms with Crippen molar-refractivity contribution in [1.82, 2.24) is 9.47 Å². The van der Waals surface area contributed by atoms with Crippen LogP contribution in [0.1, 0.15) is 40.5 Å². The highest BCUT2D eigenvalue weighted by atomic mass is 35.5. The van der Waals surface area contributed by atoms with Crippen molar-refractivity contribution in [2.24, 2.45) is 0 Å². The Morgan fingerprint density at radius 1 is 0.947 bits per heavy atom. The molecule has 1 aromatic heterocycles. The fourth-order valence-corrected chi connectivity index (χ4v) is 5.65. The summed E-state index contributed by atoms with van der Waals surface area (Å²) >= 11 is 12.4. The highest BCUT2D eigenvalue weighted by Crippen LogP contribution is 2.43. The molecule has 192 valence electrons. The van der Waals surface area contributed by atoms with Crippen molar-refractivity contribution < 1.29 is 14.3 Å². The second-order valence-corrected chi connectivity index (χ2v) is 10.4. The smallest absolute Gasteiger partial charge is 0.256 e. The number of nitrogens with zero attached hydrogens (tertiary/aromatic N) is 3. The van der Waals surface area contributed by atoms with Crippen LogP contribution in [0.5, 0.6) is 5.75 Å². The Balaban J connectivity index is 1.40. The zero-order valence-electron chi connectivity index (χ0n) is 20.7. The number of carbonyl (C=O) groups is 2. The molecule has 0 spiro atoms. The van der Waals surface area contributed by atoms with Gasteiger partial charge in [-0.1, -0.05) is 47.5 Å². The zero-order valence-corrected chi connectivity index (χ0v) is 22.2. The lowest BCUT2D eigenvalue weighted by molar-refractivity contribution is -0.119. The van der Waals surface area contributed by atoms with Crippen molar-refractivity contribution >= 4 is 40.7 Å². The van der Waals surface area contributed by atoms with E-state index in [0.29, 0.717) is 10.6 Å². The monoisotopic (exact) mass is 545 g/mol. The zero-order chi connectivity index (χ0) is 26.4. The van der Waals surface area contributed by atoms with Gasteiger partial charge in [-0.3, -0.25) is 14.5 Å². The van der Waals surface area contributed by atoms with E-state index >= 15 is 0 Å². The maximum atomic E-state index is 14.3. The van der Waals surface area contributed by atoms with E-state index in [4.69, 9.17) is 27.9 Å². The largest absolute Gasteiger partial charge is 0.497 e. The van der Waals surface area contributed by atoms with Crippen LogP contribution >= 0.6 is 23.2 Å². The van der Waals surface area contributed by atoms with E-state index in [0.717, 1.165) is 41.2 Å². The minimum absolute atomic E-state index is 0.00141. The van der Waals surface area contributed by atoms with Gasteiger partial charge in [0.1, 0.15) is 18.3 Å². The van der Waals surface area contributed by atoms with Crippen LogP contribution in [-0.2, 0) is 4.79 Å². The molecule has 1 fully saturated rings. The van der Waals surface area contributed by atoms with E-state index in [1.54, 1.807) is 30.2 Å². The van der Waals surface area contributed by atoms with E-state index in [-0.39, 0.29) is 35.5 Å². The number of anilines is 1. The third-order valence-electron chi connectivity index (χ3n) is 7.14. The van der Waals surface area contributed by atoms with E-state index in [1.165, 1.54) is 0 Å². The summed E-state index contributed by atoms with van der Waals surface area (Å²) in [7, 11) is 1.63. The van der Waals surface area contributed by atoms with Gasteiger partial charge >= 0.3 is 0 Å². The lowest BCUT2D eigenvalue weighted by Crippen LogP contribution is -2.47. The van der Waals surface area contributed by atoms with Crippen molar-refractivity contribution in [1.29, 1.82) is 0 Å². The molecule has 3 aromatic carbocycles. The Morgan fingerprint density at radius 2 is 1.68 bits per heavy atom. The van der Waals surface area contributed by atoms with Crippen LogP contribution in [-0.4, -0.2) is 41.0 Å². The van der Waals surface area contributed by atoms with E-state index in [2.05, 4.69) is 4.57 Å². The number of carbonyl (C=O) groups excluding carboxylic acids is 2. The summed E-state index contributed by atoms with van der Waals surface area (Å²) in [5, 5.41) is 0.730. The molecule has 0 saturated heterocycles. The number of aromatic nitrogens is 1. The topological polar surface area (TPSA) is 54.8 Å². The van der Waals surface area contributed by atoms with Gasteiger partial charge in [-0.15, -0.1) is 0 Å². The number of methoxy groups -OCH3 is 1. The number of rotatable bonds is 6. The number of ether oxygens (including phenoxy) is 1. The first-order chi connectivity index (χ1) is 18.5. The lowest BCUT2D eigenvalue weighted by Gasteiger charge is -2.39. The number of benzene rings is 3. The minimum atomic E-state index is -0.381. The maximum absolute atomic E-state index is 14.3. The molecule has 1 atom stereocenters. The average molecular weight is 546 g/mol. The Labute approximate surface area is 230 Å². The fourth-order valence-electron chi connectivity index (χ4n) is 5.16. The molecule has 8 heteroatoms. The number of halogens is 2. The van der Waals surface area contributed by atoms with Crippen LogP contribution in [0, 0.1) is 0 Å². The predicted molar refractivity (Wildman–Crippen MR) is 149 cm³/mol. The summed E-state index contributed by atoms with van der Waals surface area (Å²) in [5.74, 6) is 0.303. The van der Waals surface area contributed by atoms with E-state index in [9.17, 15) is 9.59 Å². The molecule has 4 aromatic rings. The Bertz CT molecular complexity index is 1530. The van der Waals surface area contributed by atoms with Gasteiger partial charge in [-0.25, -0.2) is 0 Å². The van der Waals surface area contributed by atoms with Crippen molar-refractivity contribution in [3.8, 4) is 11.4 Å². The third-order valence-corrected chi connectivity index (χ3v) is 7.68. The van der Waals surface area contributed by atoms with Crippen LogP contribution in [0.4, 0.5) is 5.69 Å². The van der Waals surface area contributed by atoms with Gasteiger partial charge in [0.15, 0.2) is 0 Å². The highest BCUT2D eigenvalue weighted by molar-refractivity contribution is 6.36. The molecule has 1 aliphatic carbocycles. The number of amides is 2. The summed E-state index contributed by atoms with van der Waals surface area (Å²) in [6, 6.07) is 24.0. The Morgan fingerprint density at radius 3 is 2.37 bits per heavy atom. The normalized spacial score (nSPS) is 16.0. The molecular formula is C30H25Cl2N3O3. The van der Waals surface area contributed by atoms with Crippen molar-refractivity contribution in [3.05, 3.63) is 112 Å².